The standard InChI is InChI=1S/C26H29ClN4OS/c1-19-24(17-21-9-11-22(27)12-10-21)26(29-20(2)28-19)31-14-6-13-30(15-16-31)25(32)18-33-23-7-4-3-5-8-23/h3-5,7-12H,6,13-18H2,1-2H3. The maximum Gasteiger partial charge on any atom is 0.232 e. The Balaban J connectivity index is 1.46. The SMILES string of the molecule is Cc1nc(C)c(Cc2ccc(Cl)cc2)c(N2CCCN(C(=O)CSc3ccccc3)CC2)n1. The number of carbonyl (C=O) groups excluding carboxylic acids is 1. The van der Waals surface area contributed by atoms with Gasteiger partial charge in [0.05, 0.1) is 5.75 Å². The lowest BCUT2D eigenvalue weighted by atomic mass is 10.0. The molecule has 0 saturated carbocycles. The van der Waals surface area contributed by atoms with Crippen LogP contribution in [0, 0.1) is 13.8 Å². The molecule has 0 spiro atoms. The van der Waals surface area contributed by atoms with E-state index in [2.05, 4.69) is 28.9 Å². The first-order chi connectivity index (χ1) is 16.0. The van der Waals surface area contributed by atoms with E-state index in [1.54, 1.807) is 11.8 Å². The molecule has 33 heavy (non-hydrogen) atoms. The van der Waals surface area contributed by atoms with Crippen molar-refractivity contribution in [2.75, 3.05) is 36.8 Å². The third-order valence-corrected chi connectivity index (χ3v) is 7.10. The zero-order valence-corrected chi connectivity index (χ0v) is 20.7. The van der Waals surface area contributed by atoms with Gasteiger partial charge < -0.3 is 9.80 Å². The molecule has 2 aromatic carbocycles. The summed E-state index contributed by atoms with van der Waals surface area (Å²) in [6.45, 7) is 7.12. The molecular formula is C26H29ClN4OS. The second-order valence-electron chi connectivity index (χ2n) is 8.28. The summed E-state index contributed by atoms with van der Waals surface area (Å²) in [5, 5.41) is 0.735. The van der Waals surface area contributed by atoms with Gasteiger partial charge in [0.15, 0.2) is 0 Å². The van der Waals surface area contributed by atoms with Crippen LogP contribution < -0.4 is 4.90 Å². The largest absolute Gasteiger partial charge is 0.354 e. The van der Waals surface area contributed by atoms with Gasteiger partial charge in [-0.25, -0.2) is 9.97 Å². The van der Waals surface area contributed by atoms with Crippen LogP contribution in [0.1, 0.15) is 29.1 Å². The van der Waals surface area contributed by atoms with Gasteiger partial charge in [-0.05, 0) is 50.1 Å². The van der Waals surface area contributed by atoms with Crippen LogP contribution in [0.4, 0.5) is 5.82 Å². The minimum Gasteiger partial charge on any atom is -0.354 e. The van der Waals surface area contributed by atoms with Crippen molar-refractivity contribution in [1.82, 2.24) is 14.9 Å². The summed E-state index contributed by atoms with van der Waals surface area (Å²) in [6, 6.07) is 18.0. The number of amides is 1. The molecule has 5 nitrogen and oxygen atoms in total. The number of rotatable bonds is 6. The molecule has 0 atom stereocenters. The number of benzene rings is 2. The van der Waals surface area contributed by atoms with E-state index in [4.69, 9.17) is 16.6 Å². The predicted molar refractivity (Wildman–Crippen MR) is 136 cm³/mol. The molecule has 1 aromatic heterocycles. The van der Waals surface area contributed by atoms with Crippen molar-refractivity contribution in [2.45, 2.75) is 31.6 Å². The number of halogens is 1. The molecule has 1 amide bonds. The van der Waals surface area contributed by atoms with E-state index in [0.29, 0.717) is 12.3 Å². The minimum atomic E-state index is 0.196. The first-order valence-corrected chi connectivity index (χ1v) is 12.6. The Morgan fingerprint density at radius 1 is 0.970 bits per heavy atom. The summed E-state index contributed by atoms with van der Waals surface area (Å²) >= 11 is 7.67. The molecule has 0 aliphatic carbocycles. The van der Waals surface area contributed by atoms with Gasteiger partial charge in [-0.1, -0.05) is 41.9 Å². The third-order valence-electron chi connectivity index (χ3n) is 5.85. The van der Waals surface area contributed by atoms with Crippen molar-refractivity contribution < 1.29 is 4.79 Å². The molecule has 1 aliphatic rings. The quantitative estimate of drug-likeness (QED) is 0.455. The number of thioether (sulfide) groups is 1. The van der Waals surface area contributed by atoms with Crippen molar-refractivity contribution in [3.05, 3.63) is 82.3 Å². The Morgan fingerprint density at radius 3 is 2.48 bits per heavy atom. The van der Waals surface area contributed by atoms with Crippen LogP contribution in [-0.2, 0) is 11.2 Å². The minimum absolute atomic E-state index is 0.196. The summed E-state index contributed by atoms with van der Waals surface area (Å²) in [7, 11) is 0. The molecule has 0 N–H and O–H groups in total. The highest BCUT2D eigenvalue weighted by Crippen LogP contribution is 2.26. The number of aryl methyl sites for hydroxylation is 2. The van der Waals surface area contributed by atoms with Gasteiger partial charge in [0, 0.05) is 53.8 Å². The number of nitrogens with zero attached hydrogens (tertiary/aromatic N) is 4. The van der Waals surface area contributed by atoms with Crippen LogP contribution in [0.2, 0.25) is 5.02 Å². The molecule has 3 aromatic rings. The fourth-order valence-electron chi connectivity index (χ4n) is 4.12. The fourth-order valence-corrected chi connectivity index (χ4v) is 5.07. The summed E-state index contributed by atoms with van der Waals surface area (Å²) in [5.74, 6) is 2.43. The van der Waals surface area contributed by atoms with E-state index in [9.17, 15) is 4.79 Å². The molecule has 172 valence electrons. The Kier molecular flexibility index (Phi) is 7.89. The van der Waals surface area contributed by atoms with Crippen LogP contribution in [0.3, 0.4) is 0 Å². The molecular weight excluding hydrogens is 452 g/mol. The van der Waals surface area contributed by atoms with Crippen molar-refractivity contribution in [3.8, 4) is 0 Å². The van der Waals surface area contributed by atoms with Crippen LogP contribution in [0.25, 0.3) is 0 Å². The Morgan fingerprint density at radius 2 is 1.73 bits per heavy atom. The molecule has 0 unspecified atom stereocenters. The van der Waals surface area contributed by atoms with Crippen LogP contribution in [0.5, 0.6) is 0 Å². The lowest BCUT2D eigenvalue weighted by molar-refractivity contribution is -0.128. The molecule has 1 fully saturated rings. The number of aromatic nitrogens is 2. The van der Waals surface area contributed by atoms with Crippen molar-refractivity contribution in [1.29, 1.82) is 0 Å². The van der Waals surface area contributed by atoms with Crippen LogP contribution >= 0.6 is 23.4 Å². The highest BCUT2D eigenvalue weighted by atomic mass is 35.5. The van der Waals surface area contributed by atoms with Gasteiger partial charge in [0.2, 0.25) is 5.91 Å². The van der Waals surface area contributed by atoms with E-state index in [1.807, 2.05) is 54.3 Å². The first kappa shape index (κ1) is 23.6. The summed E-state index contributed by atoms with van der Waals surface area (Å²) < 4.78 is 0. The van der Waals surface area contributed by atoms with E-state index >= 15 is 0 Å². The monoisotopic (exact) mass is 480 g/mol. The molecule has 1 saturated heterocycles. The van der Waals surface area contributed by atoms with E-state index < -0.39 is 0 Å². The van der Waals surface area contributed by atoms with Crippen molar-refractivity contribution >= 4 is 35.1 Å². The zero-order valence-electron chi connectivity index (χ0n) is 19.1. The van der Waals surface area contributed by atoms with Gasteiger partial charge in [-0.3, -0.25) is 4.79 Å². The van der Waals surface area contributed by atoms with Gasteiger partial charge in [-0.2, -0.15) is 0 Å². The lowest BCUT2D eigenvalue weighted by Gasteiger charge is -2.26. The van der Waals surface area contributed by atoms with Gasteiger partial charge in [0.25, 0.3) is 0 Å². The number of carbonyl (C=O) groups is 1. The number of anilines is 1. The number of hydrogen-bond donors (Lipinski definition) is 0. The molecule has 7 heteroatoms. The van der Waals surface area contributed by atoms with Gasteiger partial charge >= 0.3 is 0 Å². The molecule has 4 rings (SSSR count). The van der Waals surface area contributed by atoms with E-state index in [-0.39, 0.29) is 5.91 Å². The summed E-state index contributed by atoms with van der Waals surface area (Å²) in [6.07, 6.45) is 1.68. The second kappa shape index (κ2) is 11.0. The summed E-state index contributed by atoms with van der Waals surface area (Å²) in [4.78, 5) is 27.8. The van der Waals surface area contributed by atoms with E-state index in [1.165, 1.54) is 5.56 Å². The maximum absolute atomic E-state index is 12.9. The Labute approximate surface area is 205 Å². The normalized spacial score (nSPS) is 14.3. The van der Waals surface area contributed by atoms with Crippen LogP contribution in [-0.4, -0.2) is 52.7 Å². The van der Waals surface area contributed by atoms with Gasteiger partial charge in [-0.15, -0.1) is 11.8 Å². The highest BCUT2D eigenvalue weighted by Gasteiger charge is 2.23. The third kappa shape index (κ3) is 6.27. The van der Waals surface area contributed by atoms with Gasteiger partial charge in [0.1, 0.15) is 11.6 Å². The van der Waals surface area contributed by atoms with Crippen molar-refractivity contribution in [3.63, 3.8) is 0 Å². The molecule has 1 aliphatic heterocycles. The lowest BCUT2D eigenvalue weighted by Crippen LogP contribution is -2.36. The maximum atomic E-state index is 12.9. The zero-order chi connectivity index (χ0) is 23.2. The predicted octanol–water partition coefficient (Wildman–Crippen LogP) is 5.17. The highest BCUT2D eigenvalue weighted by molar-refractivity contribution is 8.00. The fraction of sp³-hybridized carbons (Fsp3) is 0.346. The van der Waals surface area contributed by atoms with E-state index in [0.717, 1.165) is 65.3 Å². The average Bonchev–Trinajstić information content (AvgIpc) is 3.07. The molecule has 2 heterocycles. The smallest absolute Gasteiger partial charge is 0.232 e. The first-order valence-electron chi connectivity index (χ1n) is 11.3. The van der Waals surface area contributed by atoms with Crippen LogP contribution in [0.15, 0.2) is 59.5 Å². The average molecular weight is 481 g/mol. The number of hydrogen-bond acceptors (Lipinski definition) is 5. The summed E-state index contributed by atoms with van der Waals surface area (Å²) in [5.41, 5.74) is 3.33. The molecule has 0 bridgehead atoms. The topological polar surface area (TPSA) is 49.3 Å². The Bertz CT molecular complexity index is 1090. The molecule has 0 radical (unpaired) electrons. The Hall–Kier alpha value is -2.57. The second-order valence-corrected chi connectivity index (χ2v) is 9.77. The van der Waals surface area contributed by atoms with Crippen molar-refractivity contribution in [2.24, 2.45) is 0 Å².